The summed E-state index contributed by atoms with van der Waals surface area (Å²) in [7, 11) is 1.70. The molecule has 1 unspecified atom stereocenters. The van der Waals surface area contributed by atoms with Crippen molar-refractivity contribution in [2.75, 3.05) is 25.2 Å². The molecular formula is C12H20N2O2. The molecule has 0 bridgehead atoms. The second-order valence-corrected chi connectivity index (χ2v) is 3.75. The Morgan fingerprint density at radius 3 is 2.88 bits per heavy atom. The van der Waals surface area contributed by atoms with Crippen LogP contribution in [0.4, 0.5) is 5.69 Å². The molecule has 0 aromatic carbocycles. The minimum atomic E-state index is -0.0238. The standard InChI is InChI=1S/C12H20N2O2/c1-4-14(10(2)9-16-3)12-5-6-13-11(7-12)8-15/h5-7,10,15H,4,8-9H2,1-3H3. The van der Waals surface area contributed by atoms with Crippen LogP contribution in [0.15, 0.2) is 18.3 Å². The normalized spacial score (nSPS) is 12.5. The third-order valence-corrected chi connectivity index (χ3v) is 2.57. The quantitative estimate of drug-likeness (QED) is 0.794. The number of aliphatic hydroxyl groups is 1. The number of aromatic nitrogens is 1. The maximum Gasteiger partial charge on any atom is 0.0853 e. The van der Waals surface area contributed by atoms with Crippen molar-refractivity contribution in [2.45, 2.75) is 26.5 Å². The highest BCUT2D eigenvalue weighted by Gasteiger charge is 2.12. The molecule has 0 fully saturated rings. The molecule has 0 saturated carbocycles. The number of anilines is 1. The SMILES string of the molecule is CCN(c1ccnc(CO)c1)C(C)COC. The van der Waals surface area contributed by atoms with Crippen molar-refractivity contribution in [1.82, 2.24) is 4.98 Å². The largest absolute Gasteiger partial charge is 0.390 e. The summed E-state index contributed by atoms with van der Waals surface area (Å²) in [6, 6.07) is 4.17. The predicted molar refractivity (Wildman–Crippen MR) is 64.5 cm³/mol. The van der Waals surface area contributed by atoms with Crippen molar-refractivity contribution in [1.29, 1.82) is 0 Å². The van der Waals surface area contributed by atoms with Gasteiger partial charge in [-0.05, 0) is 26.0 Å². The van der Waals surface area contributed by atoms with Crippen LogP contribution in [-0.4, -0.2) is 36.4 Å². The third kappa shape index (κ3) is 3.18. The number of ether oxygens (including phenoxy) is 1. The van der Waals surface area contributed by atoms with Gasteiger partial charge in [0.15, 0.2) is 0 Å². The zero-order valence-corrected chi connectivity index (χ0v) is 10.2. The molecule has 0 aliphatic carbocycles. The van der Waals surface area contributed by atoms with Crippen LogP contribution < -0.4 is 4.90 Å². The first-order chi connectivity index (χ1) is 7.72. The van der Waals surface area contributed by atoms with Gasteiger partial charge in [-0.1, -0.05) is 0 Å². The van der Waals surface area contributed by atoms with Crippen LogP contribution >= 0.6 is 0 Å². The fourth-order valence-electron chi connectivity index (χ4n) is 1.81. The Hall–Kier alpha value is -1.13. The van der Waals surface area contributed by atoms with E-state index in [1.54, 1.807) is 13.3 Å². The van der Waals surface area contributed by atoms with E-state index in [2.05, 4.69) is 23.7 Å². The summed E-state index contributed by atoms with van der Waals surface area (Å²) in [6.45, 7) is 5.78. The van der Waals surface area contributed by atoms with Gasteiger partial charge in [-0.15, -0.1) is 0 Å². The molecule has 0 saturated heterocycles. The van der Waals surface area contributed by atoms with Gasteiger partial charge in [0.2, 0.25) is 0 Å². The van der Waals surface area contributed by atoms with Crippen LogP contribution in [0.5, 0.6) is 0 Å². The van der Waals surface area contributed by atoms with E-state index in [4.69, 9.17) is 9.84 Å². The molecule has 16 heavy (non-hydrogen) atoms. The number of nitrogens with zero attached hydrogens (tertiary/aromatic N) is 2. The van der Waals surface area contributed by atoms with E-state index < -0.39 is 0 Å². The summed E-state index contributed by atoms with van der Waals surface area (Å²) in [4.78, 5) is 6.30. The van der Waals surface area contributed by atoms with E-state index in [0.29, 0.717) is 18.3 Å². The van der Waals surface area contributed by atoms with Crippen molar-refractivity contribution in [3.05, 3.63) is 24.0 Å². The van der Waals surface area contributed by atoms with Crippen molar-refractivity contribution in [3.63, 3.8) is 0 Å². The van der Waals surface area contributed by atoms with Gasteiger partial charge >= 0.3 is 0 Å². The lowest BCUT2D eigenvalue weighted by atomic mass is 10.2. The molecule has 1 heterocycles. The minimum Gasteiger partial charge on any atom is -0.390 e. The van der Waals surface area contributed by atoms with E-state index in [1.807, 2.05) is 12.1 Å². The van der Waals surface area contributed by atoms with Gasteiger partial charge in [-0.2, -0.15) is 0 Å². The average molecular weight is 224 g/mol. The molecular weight excluding hydrogens is 204 g/mol. The first-order valence-corrected chi connectivity index (χ1v) is 5.54. The molecule has 1 aromatic heterocycles. The number of likely N-dealkylation sites (N-methyl/N-ethyl adjacent to an activating group) is 1. The Balaban J connectivity index is 2.85. The van der Waals surface area contributed by atoms with Crippen LogP contribution in [0, 0.1) is 0 Å². The highest BCUT2D eigenvalue weighted by Crippen LogP contribution is 2.17. The monoisotopic (exact) mass is 224 g/mol. The van der Waals surface area contributed by atoms with Gasteiger partial charge in [0.05, 0.1) is 18.9 Å². The van der Waals surface area contributed by atoms with E-state index in [1.165, 1.54) is 0 Å². The molecule has 4 heteroatoms. The molecule has 0 aliphatic rings. The summed E-state index contributed by atoms with van der Waals surface area (Å²) < 4.78 is 5.16. The van der Waals surface area contributed by atoms with Crippen molar-refractivity contribution in [3.8, 4) is 0 Å². The Bertz CT molecular complexity index is 318. The topological polar surface area (TPSA) is 45.6 Å². The lowest BCUT2D eigenvalue weighted by Gasteiger charge is -2.29. The zero-order valence-electron chi connectivity index (χ0n) is 10.2. The number of rotatable bonds is 6. The molecule has 1 N–H and O–H groups in total. The van der Waals surface area contributed by atoms with Crippen LogP contribution in [0.3, 0.4) is 0 Å². The summed E-state index contributed by atoms with van der Waals surface area (Å²) >= 11 is 0. The number of aliphatic hydroxyl groups excluding tert-OH is 1. The molecule has 1 aromatic rings. The summed E-state index contributed by atoms with van der Waals surface area (Å²) in [5.74, 6) is 0. The van der Waals surface area contributed by atoms with E-state index in [9.17, 15) is 0 Å². The fraction of sp³-hybridized carbons (Fsp3) is 0.583. The summed E-state index contributed by atoms with van der Waals surface area (Å²) in [5.41, 5.74) is 1.77. The molecule has 0 radical (unpaired) electrons. The van der Waals surface area contributed by atoms with Gasteiger partial charge in [-0.25, -0.2) is 0 Å². The molecule has 1 atom stereocenters. The molecule has 0 amide bonds. The van der Waals surface area contributed by atoms with Gasteiger partial charge in [0.1, 0.15) is 0 Å². The number of pyridine rings is 1. The van der Waals surface area contributed by atoms with Gasteiger partial charge in [0, 0.05) is 31.6 Å². The lowest BCUT2D eigenvalue weighted by molar-refractivity contribution is 0.182. The smallest absolute Gasteiger partial charge is 0.0853 e. The minimum absolute atomic E-state index is 0.0238. The highest BCUT2D eigenvalue weighted by molar-refractivity contribution is 5.47. The molecule has 1 rings (SSSR count). The molecule has 0 aliphatic heterocycles. The summed E-state index contributed by atoms with van der Waals surface area (Å²) in [5, 5.41) is 9.05. The zero-order chi connectivity index (χ0) is 12.0. The van der Waals surface area contributed by atoms with Crippen LogP contribution in [0.2, 0.25) is 0 Å². The molecule has 4 nitrogen and oxygen atoms in total. The second kappa shape index (κ2) is 6.45. The molecule has 0 spiro atoms. The number of hydrogen-bond donors (Lipinski definition) is 1. The predicted octanol–water partition coefficient (Wildman–Crippen LogP) is 1.44. The first-order valence-electron chi connectivity index (χ1n) is 5.54. The number of methoxy groups -OCH3 is 1. The Labute approximate surface area is 96.9 Å². The second-order valence-electron chi connectivity index (χ2n) is 3.75. The maximum atomic E-state index is 9.05. The fourth-order valence-corrected chi connectivity index (χ4v) is 1.81. The van der Waals surface area contributed by atoms with Crippen molar-refractivity contribution in [2.24, 2.45) is 0 Å². The van der Waals surface area contributed by atoms with E-state index in [0.717, 1.165) is 12.2 Å². The number of hydrogen-bond acceptors (Lipinski definition) is 4. The van der Waals surface area contributed by atoms with Crippen molar-refractivity contribution >= 4 is 5.69 Å². The van der Waals surface area contributed by atoms with Crippen LogP contribution in [0.25, 0.3) is 0 Å². The van der Waals surface area contributed by atoms with Gasteiger partial charge < -0.3 is 14.7 Å². The highest BCUT2D eigenvalue weighted by atomic mass is 16.5. The Morgan fingerprint density at radius 1 is 1.56 bits per heavy atom. The molecule has 90 valence electrons. The van der Waals surface area contributed by atoms with E-state index in [-0.39, 0.29) is 6.61 Å². The van der Waals surface area contributed by atoms with Gasteiger partial charge in [0.25, 0.3) is 0 Å². The van der Waals surface area contributed by atoms with Crippen LogP contribution in [-0.2, 0) is 11.3 Å². The maximum absolute atomic E-state index is 9.05. The van der Waals surface area contributed by atoms with Crippen LogP contribution in [0.1, 0.15) is 19.5 Å². The summed E-state index contributed by atoms with van der Waals surface area (Å²) in [6.07, 6.45) is 1.73. The lowest BCUT2D eigenvalue weighted by Crippen LogP contribution is -2.36. The van der Waals surface area contributed by atoms with Crippen molar-refractivity contribution < 1.29 is 9.84 Å². The van der Waals surface area contributed by atoms with E-state index >= 15 is 0 Å². The van der Waals surface area contributed by atoms with Gasteiger partial charge in [-0.3, -0.25) is 4.98 Å². The first kappa shape index (κ1) is 12.9. The third-order valence-electron chi connectivity index (χ3n) is 2.57. The Kier molecular flexibility index (Phi) is 5.22. The average Bonchev–Trinajstić information content (AvgIpc) is 2.31. The Morgan fingerprint density at radius 2 is 2.31 bits per heavy atom.